The van der Waals surface area contributed by atoms with E-state index >= 15 is 0 Å². The van der Waals surface area contributed by atoms with E-state index in [0.717, 1.165) is 39.0 Å². The van der Waals surface area contributed by atoms with Crippen molar-refractivity contribution >= 4 is 44.0 Å². The molecule has 164 valence electrons. The monoisotopic (exact) mass is 466 g/mol. The van der Waals surface area contributed by atoms with Gasteiger partial charge < -0.3 is 9.15 Å². The molecule has 0 amide bonds. The van der Waals surface area contributed by atoms with Crippen molar-refractivity contribution in [1.29, 1.82) is 0 Å². The number of hydrogen-bond acceptors (Lipinski definition) is 3. The summed E-state index contributed by atoms with van der Waals surface area (Å²) in [5.41, 5.74) is 6.64. The summed E-state index contributed by atoms with van der Waals surface area (Å²) in [6.07, 6.45) is 0. The second-order valence-corrected chi connectivity index (χ2v) is 9.99. The molecule has 3 heteroatoms. The first-order valence-corrected chi connectivity index (χ1v) is 12.5. The lowest BCUT2D eigenvalue weighted by atomic mass is 9.92. The maximum atomic E-state index is 6.27. The molecule has 0 saturated carbocycles. The average molecular weight is 467 g/mol. The van der Waals surface area contributed by atoms with Crippen LogP contribution >= 0.6 is 11.3 Å². The Balaban J connectivity index is 1.26. The van der Waals surface area contributed by atoms with Gasteiger partial charge in [0.05, 0.1) is 0 Å². The van der Waals surface area contributed by atoms with Gasteiger partial charge in [-0.2, -0.15) is 0 Å². The van der Waals surface area contributed by atoms with Gasteiger partial charge in [-0.15, -0.1) is 11.3 Å². The van der Waals surface area contributed by atoms with E-state index in [4.69, 9.17) is 9.15 Å². The van der Waals surface area contributed by atoms with E-state index in [0.29, 0.717) is 0 Å². The Hall–Kier alpha value is -4.34. The van der Waals surface area contributed by atoms with Crippen LogP contribution in [0, 0.1) is 0 Å². The van der Waals surface area contributed by atoms with Crippen LogP contribution in [0.1, 0.15) is 0 Å². The molecule has 3 heterocycles. The molecule has 0 atom stereocenters. The van der Waals surface area contributed by atoms with Crippen molar-refractivity contribution in [2.24, 2.45) is 0 Å². The van der Waals surface area contributed by atoms with E-state index in [1.807, 2.05) is 35.6 Å². The van der Waals surface area contributed by atoms with Crippen LogP contribution in [0.5, 0.6) is 11.5 Å². The number of hydrogen-bond donors (Lipinski definition) is 0. The molecule has 0 N–H and O–H groups in total. The molecule has 0 spiro atoms. The summed E-state index contributed by atoms with van der Waals surface area (Å²) in [5, 5.41) is 4.72. The summed E-state index contributed by atoms with van der Waals surface area (Å²) in [4.78, 5) is 2.47. The zero-order valence-corrected chi connectivity index (χ0v) is 19.4. The van der Waals surface area contributed by atoms with Gasteiger partial charge in [-0.25, -0.2) is 0 Å². The highest BCUT2D eigenvalue weighted by Gasteiger charge is 2.21. The van der Waals surface area contributed by atoms with E-state index in [1.54, 1.807) is 0 Å². The number of furan rings is 1. The molecular formula is C32H18O2S. The highest BCUT2D eigenvalue weighted by Crippen LogP contribution is 2.49. The Kier molecular flexibility index (Phi) is 3.85. The molecule has 2 nitrogen and oxygen atoms in total. The van der Waals surface area contributed by atoms with Gasteiger partial charge in [-0.3, -0.25) is 0 Å². The van der Waals surface area contributed by atoms with Crippen LogP contribution in [0.3, 0.4) is 0 Å². The minimum Gasteiger partial charge on any atom is -0.456 e. The topological polar surface area (TPSA) is 22.4 Å². The van der Waals surface area contributed by atoms with Gasteiger partial charge in [0.1, 0.15) is 22.7 Å². The average Bonchev–Trinajstić information content (AvgIpc) is 3.54. The Bertz CT molecular complexity index is 1940. The number of para-hydroxylation sites is 2. The summed E-state index contributed by atoms with van der Waals surface area (Å²) in [5.74, 6) is 1.84. The van der Waals surface area contributed by atoms with Crippen molar-refractivity contribution in [2.75, 3.05) is 0 Å². The third kappa shape index (κ3) is 2.76. The van der Waals surface area contributed by atoms with Gasteiger partial charge in [0.25, 0.3) is 0 Å². The van der Waals surface area contributed by atoms with E-state index in [1.165, 1.54) is 37.2 Å². The zero-order valence-electron chi connectivity index (χ0n) is 18.6. The first-order valence-electron chi connectivity index (χ1n) is 11.7. The van der Waals surface area contributed by atoms with Gasteiger partial charge in [-0.1, -0.05) is 60.7 Å². The predicted molar refractivity (Wildman–Crippen MR) is 145 cm³/mol. The van der Waals surface area contributed by atoms with E-state index < -0.39 is 0 Å². The van der Waals surface area contributed by atoms with Crippen LogP contribution in [0.25, 0.3) is 64.7 Å². The molecule has 0 aliphatic carbocycles. The normalized spacial score (nSPS) is 12.2. The van der Waals surface area contributed by atoms with Crippen LogP contribution in [0.15, 0.2) is 114 Å². The maximum absolute atomic E-state index is 6.27. The highest BCUT2D eigenvalue weighted by molar-refractivity contribution is 7.18. The summed E-state index contributed by atoms with van der Waals surface area (Å²) in [6.45, 7) is 0. The van der Waals surface area contributed by atoms with Crippen LogP contribution in [-0.2, 0) is 0 Å². The molecule has 0 fully saturated rings. The van der Waals surface area contributed by atoms with Gasteiger partial charge >= 0.3 is 0 Å². The van der Waals surface area contributed by atoms with Crippen LogP contribution in [-0.4, -0.2) is 0 Å². The lowest BCUT2D eigenvalue weighted by molar-refractivity contribution is 0.487. The van der Waals surface area contributed by atoms with Crippen molar-refractivity contribution in [2.45, 2.75) is 0 Å². The second-order valence-electron chi connectivity index (χ2n) is 8.91. The van der Waals surface area contributed by atoms with Crippen molar-refractivity contribution in [1.82, 2.24) is 0 Å². The number of benzene rings is 5. The molecule has 7 aromatic rings. The molecule has 5 aromatic carbocycles. The summed E-state index contributed by atoms with van der Waals surface area (Å²) < 4.78 is 12.4. The minimum atomic E-state index is 0.916. The minimum absolute atomic E-state index is 0.916. The number of fused-ring (bicyclic) bond motifs is 5. The van der Waals surface area contributed by atoms with Gasteiger partial charge in [0, 0.05) is 31.5 Å². The summed E-state index contributed by atoms with van der Waals surface area (Å²) in [6, 6.07) is 38.3. The lowest BCUT2D eigenvalue weighted by Crippen LogP contribution is -1.97. The van der Waals surface area contributed by atoms with E-state index in [2.05, 4.69) is 84.9 Å². The van der Waals surface area contributed by atoms with Gasteiger partial charge in [-0.05, 0) is 70.6 Å². The van der Waals surface area contributed by atoms with Gasteiger partial charge in [0.2, 0.25) is 0 Å². The SMILES string of the molecule is c1ccc2c(c1)Oc1ccc(-c3ccc(-c4ccc5c(c4)oc4ccccc45)s3)c3cccc-2c13. The highest BCUT2D eigenvalue weighted by atomic mass is 32.1. The Morgan fingerprint density at radius 1 is 0.486 bits per heavy atom. The Morgan fingerprint density at radius 2 is 1.29 bits per heavy atom. The van der Waals surface area contributed by atoms with Crippen molar-refractivity contribution in [3.8, 4) is 43.5 Å². The molecule has 1 aliphatic heterocycles. The second kappa shape index (κ2) is 7.08. The largest absolute Gasteiger partial charge is 0.456 e. The molecule has 8 rings (SSSR count). The smallest absolute Gasteiger partial charge is 0.136 e. The quantitative estimate of drug-likeness (QED) is 0.253. The third-order valence-corrected chi connectivity index (χ3v) is 8.10. The number of rotatable bonds is 2. The van der Waals surface area contributed by atoms with Crippen LogP contribution < -0.4 is 4.74 Å². The molecule has 0 bridgehead atoms. The van der Waals surface area contributed by atoms with E-state index in [-0.39, 0.29) is 0 Å². The fraction of sp³-hybridized carbons (Fsp3) is 0. The first-order chi connectivity index (χ1) is 17.3. The fourth-order valence-electron chi connectivity index (χ4n) is 5.31. The van der Waals surface area contributed by atoms with Crippen LogP contribution in [0.2, 0.25) is 0 Å². The zero-order chi connectivity index (χ0) is 22.9. The summed E-state index contributed by atoms with van der Waals surface area (Å²) >= 11 is 1.81. The van der Waals surface area contributed by atoms with Crippen LogP contribution in [0.4, 0.5) is 0 Å². The maximum Gasteiger partial charge on any atom is 0.136 e. The standard InChI is InChI=1S/C32H18O2S/c1-3-10-26-20(6-1)22-13-12-19(18-29(22)34-26)30-16-17-31(35-30)23-14-15-28-32-24(8-5-9-25(23)32)21-7-2-4-11-27(21)33-28/h1-18H. The lowest BCUT2D eigenvalue weighted by Gasteiger charge is -2.22. The molecule has 2 aromatic heterocycles. The van der Waals surface area contributed by atoms with Crippen molar-refractivity contribution < 1.29 is 9.15 Å². The third-order valence-electron chi connectivity index (χ3n) is 6.93. The van der Waals surface area contributed by atoms with E-state index in [9.17, 15) is 0 Å². The molecule has 35 heavy (non-hydrogen) atoms. The Labute approximate surface area is 205 Å². The molecule has 0 radical (unpaired) electrons. The van der Waals surface area contributed by atoms with Crippen molar-refractivity contribution in [3.63, 3.8) is 0 Å². The first kappa shape index (κ1) is 19.0. The molecule has 0 saturated heterocycles. The molecule has 0 unspecified atom stereocenters. The summed E-state index contributed by atoms with van der Waals surface area (Å²) in [7, 11) is 0. The Morgan fingerprint density at radius 3 is 2.29 bits per heavy atom. The van der Waals surface area contributed by atoms with Crippen molar-refractivity contribution in [3.05, 3.63) is 109 Å². The molecular weight excluding hydrogens is 448 g/mol. The van der Waals surface area contributed by atoms with Gasteiger partial charge in [0.15, 0.2) is 0 Å². The molecule has 1 aliphatic rings. The number of thiophene rings is 1. The number of ether oxygens (including phenoxy) is 1. The predicted octanol–water partition coefficient (Wildman–Crippen LogP) is 9.91. The fourth-order valence-corrected chi connectivity index (χ4v) is 6.35.